The van der Waals surface area contributed by atoms with E-state index < -0.39 is 6.16 Å². The second-order valence-corrected chi connectivity index (χ2v) is 9.74. The lowest BCUT2D eigenvalue weighted by molar-refractivity contribution is -0.00525. The zero-order valence-corrected chi connectivity index (χ0v) is 23.5. The van der Waals surface area contributed by atoms with Crippen LogP contribution in [0.3, 0.4) is 0 Å². The van der Waals surface area contributed by atoms with Gasteiger partial charge in [-0.25, -0.2) is 9.78 Å². The van der Waals surface area contributed by atoms with Crippen molar-refractivity contribution in [2.24, 2.45) is 0 Å². The number of ether oxygens (including phenoxy) is 5. The van der Waals surface area contributed by atoms with Crippen LogP contribution >= 0.6 is 23.2 Å². The summed E-state index contributed by atoms with van der Waals surface area (Å²) in [6, 6.07) is 15.1. The maximum Gasteiger partial charge on any atom is 0.511 e. The number of carbonyl (C=O) groups excluding carboxylic acids is 1. The standard InChI is InChI=1S/C28H33Cl2N3O6/c1-35-17-18-37-28(34)39-20-38-26-10-8-21-7-9-22(19-24(21)31-26)36-16-3-2-11-32-12-14-33(15-13-32)25-6-4-5-23(29)27(25)30/h4-10,19H,2-3,11-18,20H2,1H3. The van der Waals surface area contributed by atoms with Crippen molar-refractivity contribution < 1.29 is 28.5 Å². The molecule has 2 heterocycles. The van der Waals surface area contributed by atoms with Crippen LogP contribution in [0.5, 0.6) is 11.6 Å². The largest absolute Gasteiger partial charge is 0.511 e. The number of rotatable bonds is 13. The van der Waals surface area contributed by atoms with E-state index in [1.165, 1.54) is 7.11 Å². The lowest BCUT2D eigenvalue weighted by Gasteiger charge is -2.36. The number of unbranched alkanes of at least 4 members (excludes halogenated alkanes) is 1. The highest BCUT2D eigenvalue weighted by Gasteiger charge is 2.19. The fourth-order valence-corrected chi connectivity index (χ4v) is 4.63. The van der Waals surface area contributed by atoms with Crippen LogP contribution in [0.4, 0.5) is 10.5 Å². The number of piperazine rings is 1. The number of pyridine rings is 1. The van der Waals surface area contributed by atoms with Gasteiger partial charge in [-0.15, -0.1) is 0 Å². The van der Waals surface area contributed by atoms with Crippen molar-refractivity contribution >= 4 is 45.9 Å². The average Bonchev–Trinajstić information content (AvgIpc) is 2.95. The smallest absolute Gasteiger partial charge is 0.494 e. The van der Waals surface area contributed by atoms with Crippen molar-refractivity contribution in [1.29, 1.82) is 0 Å². The molecule has 0 unspecified atom stereocenters. The number of hydrogen-bond acceptors (Lipinski definition) is 9. The molecule has 1 aliphatic heterocycles. The van der Waals surface area contributed by atoms with Crippen LogP contribution in [-0.4, -0.2) is 82.5 Å². The van der Waals surface area contributed by atoms with Gasteiger partial charge < -0.3 is 28.6 Å². The Hall–Kier alpha value is -2.98. The molecule has 0 spiro atoms. The number of halogens is 2. The third-order valence-corrected chi connectivity index (χ3v) is 7.12. The van der Waals surface area contributed by atoms with E-state index in [0.717, 1.165) is 67.9 Å². The molecule has 2 aromatic carbocycles. The highest BCUT2D eigenvalue weighted by atomic mass is 35.5. The molecular weight excluding hydrogens is 545 g/mol. The minimum absolute atomic E-state index is 0.115. The molecule has 11 heteroatoms. The van der Waals surface area contributed by atoms with Crippen LogP contribution < -0.4 is 14.4 Å². The summed E-state index contributed by atoms with van der Waals surface area (Å²) in [5.41, 5.74) is 1.73. The Morgan fingerprint density at radius 1 is 0.923 bits per heavy atom. The molecule has 1 saturated heterocycles. The normalized spacial score (nSPS) is 13.9. The van der Waals surface area contributed by atoms with Crippen LogP contribution in [0, 0.1) is 0 Å². The lowest BCUT2D eigenvalue weighted by atomic mass is 10.2. The molecule has 1 fully saturated rings. The molecule has 0 aliphatic carbocycles. The first-order valence-corrected chi connectivity index (χ1v) is 13.7. The van der Waals surface area contributed by atoms with Crippen molar-refractivity contribution in [3.8, 4) is 11.6 Å². The van der Waals surface area contributed by atoms with Gasteiger partial charge in [0.1, 0.15) is 12.4 Å². The van der Waals surface area contributed by atoms with Gasteiger partial charge in [0.2, 0.25) is 12.7 Å². The maximum absolute atomic E-state index is 11.5. The van der Waals surface area contributed by atoms with Crippen LogP contribution in [0.2, 0.25) is 10.0 Å². The maximum atomic E-state index is 11.5. The number of hydrogen-bond donors (Lipinski definition) is 0. The van der Waals surface area contributed by atoms with E-state index in [9.17, 15) is 4.79 Å². The van der Waals surface area contributed by atoms with E-state index in [-0.39, 0.29) is 13.4 Å². The number of aromatic nitrogens is 1. The zero-order valence-electron chi connectivity index (χ0n) is 21.9. The minimum atomic E-state index is -0.826. The Morgan fingerprint density at radius 3 is 2.56 bits per heavy atom. The van der Waals surface area contributed by atoms with Crippen molar-refractivity contribution in [1.82, 2.24) is 9.88 Å². The Morgan fingerprint density at radius 2 is 1.74 bits per heavy atom. The van der Waals surface area contributed by atoms with Gasteiger partial charge in [0.25, 0.3) is 0 Å². The quantitative estimate of drug-likeness (QED) is 0.145. The zero-order chi connectivity index (χ0) is 27.5. The number of benzene rings is 2. The summed E-state index contributed by atoms with van der Waals surface area (Å²) < 4.78 is 25.9. The van der Waals surface area contributed by atoms with Crippen LogP contribution in [-0.2, 0) is 14.2 Å². The van der Waals surface area contributed by atoms with Gasteiger partial charge in [0.05, 0.1) is 34.5 Å². The number of anilines is 1. The molecule has 9 nitrogen and oxygen atoms in total. The molecular formula is C28H33Cl2N3O6. The summed E-state index contributed by atoms with van der Waals surface area (Å²) in [7, 11) is 1.52. The molecule has 0 amide bonds. The number of methoxy groups -OCH3 is 1. The predicted molar refractivity (Wildman–Crippen MR) is 151 cm³/mol. The first-order chi connectivity index (χ1) is 19.0. The van der Waals surface area contributed by atoms with E-state index >= 15 is 0 Å². The molecule has 3 aromatic rings. The second kappa shape index (κ2) is 15.0. The summed E-state index contributed by atoms with van der Waals surface area (Å²) in [4.78, 5) is 20.7. The minimum Gasteiger partial charge on any atom is -0.494 e. The summed E-state index contributed by atoms with van der Waals surface area (Å²) in [6.07, 6.45) is 1.18. The highest BCUT2D eigenvalue weighted by Crippen LogP contribution is 2.33. The summed E-state index contributed by atoms with van der Waals surface area (Å²) in [5.74, 6) is 1.08. The molecule has 1 aromatic heterocycles. The Bertz CT molecular complexity index is 1220. The van der Waals surface area contributed by atoms with E-state index in [2.05, 4.69) is 14.8 Å². The van der Waals surface area contributed by atoms with E-state index in [0.29, 0.717) is 29.1 Å². The number of fused-ring (bicyclic) bond motifs is 1. The second-order valence-electron chi connectivity index (χ2n) is 8.96. The van der Waals surface area contributed by atoms with Gasteiger partial charge in [-0.05, 0) is 49.7 Å². The molecule has 4 rings (SSSR count). The lowest BCUT2D eigenvalue weighted by Crippen LogP contribution is -2.46. The van der Waals surface area contributed by atoms with Gasteiger partial charge >= 0.3 is 6.16 Å². The van der Waals surface area contributed by atoms with Gasteiger partial charge in [-0.2, -0.15) is 0 Å². The Kier molecular flexibility index (Phi) is 11.1. The fourth-order valence-electron chi connectivity index (χ4n) is 4.21. The van der Waals surface area contributed by atoms with Crippen molar-refractivity contribution in [3.63, 3.8) is 0 Å². The molecule has 0 atom stereocenters. The monoisotopic (exact) mass is 577 g/mol. The molecule has 1 aliphatic rings. The SMILES string of the molecule is COCCOC(=O)OCOc1ccc2ccc(OCCCCN3CCN(c4cccc(Cl)c4Cl)CC3)cc2n1. The van der Waals surface area contributed by atoms with Gasteiger partial charge in [0.15, 0.2) is 0 Å². The van der Waals surface area contributed by atoms with Crippen molar-refractivity contribution in [2.75, 3.05) is 71.3 Å². The first-order valence-electron chi connectivity index (χ1n) is 12.9. The molecule has 0 bridgehead atoms. The fraction of sp³-hybridized carbons (Fsp3) is 0.429. The molecule has 0 N–H and O–H groups in total. The summed E-state index contributed by atoms with van der Waals surface area (Å²) in [5, 5.41) is 2.17. The number of nitrogens with zero attached hydrogens (tertiary/aromatic N) is 3. The molecule has 0 saturated carbocycles. The third-order valence-electron chi connectivity index (χ3n) is 6.31. The molecule has 39 heavy (non-hydrogen) atoms. The van der Waals surface area contributed by atoms with E-state index in [1.54, 1.807) is 6.07 Å². The summed E-state index contributed by atoms with van der Waals surface area (Å²) in [6.45, 7) is 5.60. The molecule has 210 valence electrons. The van der Waals surface area contributed by atoms with Gasteiger partial charge in [0, 0.05) is 50.8 Å². The summed E-state index contributed by atoms with van der Waals surface area (Å²) >= 11 is 12.6. The van der Waals surface area contributed by atoms with Gasteiger partial charge in [-0.3, -0.25) is 4.90 Å². The van der Waals surface area contributed by atoms with Crippen LogP contribution in [0.15, 0.2) is 48.5 Å². The Balaban J connectivity index is 1.15. The van der Waals surface area contributed by atoms with E-state index in [4.69, 9.17) is 46.9 Å². The predicted octanol–water partition coefficient (Wildman–Crippen LogP) is 5.66. The molecule has 0 radical (unpaired) electrons. The average molecular weight is 578 g/mol. The highest BCUT2D eigenvalue weighted by molar-refractivity contribution is 6.43. The van der Waals surface area contributed by atoms with Gasteiger partial charge in [-0.1, -0.05) is 29.3 Å². The number of carbonyl (C=O) groups is 1. The topological polar surface area (TPSA) is 82.6 Å². The third kappa shape index (κ3) is 8.76. The van der Waals surface area contributed by atoms with Crippen LogP contribution in [0.1, 0.15) is 12.8 Å². The van der Waals surface area contributed by atoms with Crippen LogP contribution in [0.25, 0.3) is 10.9 Å². The van der Waals surface area contributed by atoms with Crippen molar-refractivity contribution in [3.05, 3.63) is 58.6 Å². The van der Waals surface area contributed by atoms with Crippen molar-refractivity contribution in [2.45, 2.75) is 12.8 Å². The van der Waals surface area contributed by atoms with E-state index in [1.807, 2.05) is 42.5 Å². The Labute approximate surface area is 238 Å². The first kappa shape index (κ1) is 29.0.